The number of benzene rings is 1. The van der Waals surface area contributed by atoms with Crippen molar-refractivity contribution in [2.45, 2.75) is 17.3 Å². The Morgan fingerprint density at radius 3 is 2.73 bits per heavy atom. The van der Waals surface area contributed by atoms with Crippen molar-refractivity contribution >= 4 is 32.9 Å². The molecule has 15 heavy (non-hydrogen) atoms. The summed E-state index contributed by atoms with van der Waals surface area (Å²) in [4.78, 5) is 0.501. The van der Waals surface area contributed by atoms with Crippen molar-refractivity contribution in [3.05, 3.63) is 48.0 Å². The maximum absolute atomic E-state index is 3.72. The summed E-state index contributed by atoms with van der Waals surface area (Å²) < 4.78 is 0. The van der Waals surface area contributed by atoms with Gasteiger partial charge in [0.05, 0.1) is 0 Å². The minimum atomic E-state index is 0. The molecule has 1 aromatic carbocycles. The molecule has 0 aromatic heterocycles. The van der Waals surface area contributed by atoms with E-state index in [9.17, 15) is 0 Å². The van der Waals surface area contributed by atoms with Gasteiger partial charge in [-0.15, -0.1) is 23.6 Å². The summed E-state index contributed by atoms with van der Waals surface area (Å²) in [7, 11) is 0. The number of halogens is 2. The number of fused-ring (bicyclic) bond motifs is 1. The Kier molecular flexibility index (Phi) is 5.03. The first-order valence-electron chi connectivity index (χ1n) is 4.90. The fourth-order valence-electron chi connectivity index (χ4n) is 1.99. The smallest absolute Gasteiger partial charge is 0.0416 e. The van der Waals surface area contributed by atoms with Gasteiger partial charge >= 0.3 is 0 Å². The molecule has 2 rings (SSSR count). The zero-order chi connectivity index (χ0) is 9.97. The second-order valence-electron chi connectivity index (χ2n) is 3.58. The van der Waals surface area contributed by atoms with Gasteiger partial charge in [-0.1, -0.05) is 46.3 Å². The first-order chi connectivity index (χ1) is 6.83. The topological polar surface area (TPSA) is 12.0 Å². The predicted octanol–water partition coefficient (Wildman–Crippen LogP) is 3.92. The Morgan fingerprint density at radius 1 is 1.40 bits per heavy atom. The van der Waals surface area contributed by atoms with Crippen molar-refractivity contribution in [1.29, 1.82) is 0 Å². The second kappa shape index (κ2) is 5.83. The van der Waals surface area contributed by atoms with Gasteiger partial charge in [-0.3, -0.25) is 0 Å². The fraction of sp³-hybridized carbons (Fsp3) is 0.333. The Hall–Kier alpha value is -0.120. The van der Waals surface area contributed by atoms with Crippen LogP contribution >= 0.6 is 32.9 Å². The minimum Gasteiger partial charge on any atom is -0.306 e. The van der Waals surface area contributed by atoms with Crippen LogP contribution in [0.4, 0.5) is 0 Å². The minimum absolute atomic E-state index is 0. The molecule has 0 aliphatic heterocycles. The van der Waals surface area contributed by atoms with Gasteiger partial charge in [0.2, 0.25) is 0 Å². The highest BCUT2D eigenvalue weighted by atomic mass is 79.9. The van der Waals surface area contributed by atoms with Crippen molar-refractivity contribution < 1.29 is 0 Å². The highest BCUT2D eigenvalue weighted by Gasteiger charge is 2.27. The molecule has 0 amide bonds. The van der Waals surface area contributed by atoms with E-state index >= 15 is 0 Å². The third-order valence-electron chi connectivity index (χ3n) is 2.66. The van der Waals surface area contributed by atoms with Gasteiger partial charge in [0.15, 0.2) is 0 Å². The van der Waals surface area contributed by atoms with Gasteiger partial charge < -0.3 is 5.32 Å². The van der Waals surface area contributed by atoms with Crippen LogP contribution in [-0.2, 0) is 0 Å². The van der Waals surface area contributed by atoms with Gasteiger partial charge in [0, 0.05) is 17.4 Å². The lowest BCUT2D eigenvalue weighted by atomic mass is 10.1. The molecular formula is C12H15Br2N. The maximum atomic E-state index is 3.72. The van der Waals surface area contributed by atoms with E-state index in [1.807, 2.05) is 6.08 Å². The highest BCUT2D eigenvalue weighted by Crippen LogP contribution is 2.43. The van der Waals surface area contributed by atoms with E-state index < -0.39 is 0 Å². The lowest BCUT2D eigenvalue weighted by Gasteiger charge is -2.11. The highest BCUT2D eigenvalue weighted by molar-refractivity contribution is 9.09. The largest absolute Gasteiger partial charge is 0.306 e. The average molecular weight is 333 g/mol. The Balaban J connectivity index is 0.00000112. The molecule has 0 heterocycles. The molecule has 3 heteroatoms. The van der Waals surface area contributed by atoms with Crippen LogP contribution in [0.15, 0.2) is 36.9 Å². The summed E-state index contributed by atoms with van der Waals surface area (Å²) in [6.45, 7) is 4.60. The lowest BCUT2D eigenvalue weighted by Crippen LogP contribution is -2.18. The average Bonchev–Trinajstić information content (AvgIpc) is 2.54. The van der Waals surface area contributed by atoms with Crippen molar-refractivity contribution in [3.8, 4) is 0 Å². The molecule has 1 N–H and O–H groups in total. The Labute approximate surface area is 110 Å². The molecule has 0 fully saturated rings. The van der Waals surface area contributed by atoms with Crippen LogP contribution < -0.4 is 5.32 Å². The normalized spacial score (nSPS) is 23.0. The summed E-state index contributed by atoms with van der Waals surface area (Å²) in [6.07, 6.45) is 3.04. The van der Waals surface area contributed by atoms with Crippen LogP contribution in [0.2, 0.25) is 0 Å². The molecule has 0 bridgehead atoms. The molecule has 1 nitrogen and oxygen atoms in total. The molecule has 0 saturated carbocycles. The van der Waals surface area contributed by atoms with E-state index in [1.165, 1.54) is 11.1 Å². The Bertz CT molecular complexity index is 338. The van der Waals surface area contributed by atoms with Crippen LogP contribution in [-0.4, -0.2) is 6.54 Å². The van der Waals surface area contributed by atoms with Crippen LogP contribution in [0.3, 0.4) is 0 Å². The molecule has 2 atom stereocenters. The van der Waals surface area contributed by atoms with Crippen LogP contribution in [0.5, 0.6) is 0 Å². The number of hydrogen-bond donors (Lipinski definition) is 1. The first-order valence-corrected chi connectivity index (χ1v) is 5.81. The zero-order valence-corrected chi connectivity index (χ0v) is 11.7. The second-order valence-corrected chi connectivity index (χ2v) is 4.69. The number of hydrogen-bond acceptors (Lipinski definition) is 1. The predicted molar refractivity (Wildman–Crippen MR) is 74.0 cm³/mol. The molecule has 82 valence electrons. The summed E-state index contributed by atoms with van der Waals surface area (Å²) in [5.74, 6) is 0. The fourth-order valence-corrected chi connectivity index (χ4v) is 2.78. The SMILES string of the molecule is Br.C=CCN[C@@H]1CC(Br)c2ccccc21. The van der Waals surface area contributed by atoms with E-state index in [0.29, 0.717) is 10.9 Å². The molecule has 0 spiro atoms. The van der Waals surface area contributed by atoms with Gasteiger partial charge in [0.25, 0.3) is 0 Å². The number of rotatable bonds is 3. The third-order valence-corrected chi connectivity index (χ3v) is 3.53. The van der Waals surface area contributed by atoms with Crippen molar-refractivity contribution in [2.75, 3.05) is 6.54 Å². The molecule has 0 radical (unpaired) electrons. The molecular weight excluding hydrogens is 318 g/mol. The van der Waals surface area contributed by atoms with E-state index in [2.05, 4.69) is 52.1 Å². The monoisotopic (exact) mass is 331 g/mol. The van der Waals surface area contributed by atoms with Gasteiger partial charge in [-0.05, 0) is 17.5 Å². The van der Waals surface area contributed by atoms with Crippen molar-refractivity contribution in [3.63, 3.8) is 0 Å². The quantitative estimate of drug-likeness (QED) is 0.653. The molecule has 1 aliphatic rings. The Morgan fingerprint density at radius 2 is 2.07 bits per heavy atom. The van der Waals surface area contributed by atoms with E-state index in [4.69, 9.17) is 0 Å². The molecule has 1 aromatic rings. The van der Waals surface area contributed by atoms with Crippen LogP contribution in [0.1, 0.15) is 28.4 Å². The van der Waals surface area contributed by atoms with E-state index in [-0.39, 0.29) is 17.0 Å². The van der Waals surface area contributed by atoms with Crippen LogP contribution in [0.25, 0.3) is 0 Å². The van der Waals surface area contributed by atoms with Crippen molar-refractivity contribution in [2.24, 2.45) is 0 Å². The van der Waals surface area contributed by atoms with Gasteiger partial charge in [-0.25, -0.2) is 0 Å². The van der Waals surface area contributed by atoms with E-state index in [0.717, 1.165) is 13.0 Å². The van der Waals surface area contributed by atoms with Gasteiger partial charge in [-0.2, -0.15) is 0 Å². The third kappa shape index (κ3) is 2.71. The molecule has 0 saturated heterocycles. The summed E-state index contributed by atoms with van der Waals surface area (Å²) in [6, 6.07) is 9.09. The summed E-state index contributed by atoms with van der Waals surface area (Å²) in [5.41, 5.74) is 2.85. The maximum Gasteiger partial charge on any atom is 0.0416 e. The standard InChI is InChI=1S/C12H14BrN.BrH/c1-2-7-14-12-8-11(13)9-5-3-4-6-10(9)12;/h2-6,11-12,14H,1,7-8H2;1H/t11?,12-;/m1./s1. The number of alkyl halides is 1. The van der Waals surface area contributed by atoms with Gasteiger partial charge in [0.1, 0.15) is 0 Å². The summed E-state index contributed by atoms with van der Waals surface area (Å²) in [5, 5.41) is 3.47. The first kappa shape index (κ1) is 12.9. The lowest BCUT2D eigenvalue weighted by molar-refractivity contribution is 0.563. The number of nitrogens with one attached hydrogen (secondary N) is 1. The van der Waals surface area contributed by atoms with Crippen molar-refractivity contribution in [1.82, 2.24) is 5.32 Å². The zero-order valence-electron chi connectivity index (χ0n) is 8.45. The molecule has 1 aliphatic carbocycles. The van der Waals surface area contributed by atoms with Crippen LogP contribution in [0, 0.1) is 0 Å². The van der Waals surface area contributed by atoms with E-state index in [1.54, 1.807) is 0 Å². The molecule has 1 unspecified atom stereocenters. The summed E-state index contributed by atoms with van der Waals surface area (Å²) >= 11 is 3.70.